The molecule has 4 atom stereocenters. The summed E-state index contributed by atoms with van der Waals surface area (Å²) in [7, 11) is 0. The van der Waals surface area contributed by atoms with E-state index in [2.05, 4.69) is 63.4 Å². The Balaban J connectivity index is 1.19. The molecule has 6 nitrogen and oxygen atoms in total. The molecule has 5 aliphatic heterocycles. The third-order valence-corrected chi connectivity index (χ3v) is 10.7. The van der Waals surface area contributed by atoms with Gasteiger partial charge in [-0.05, 0) is 74.2 Å². The minimum Gasteiger partial charge on any atom is -0.508 e. The predicted octanol–water partition coefficient (Wildman–Crippen LogP) is 5.60. The van der Waals surface area contributed by atoms with Crippen LogP contribution in [0.3, 0.4) is 0 Å². The first-order chi connectivity index (χ1) is 20.5. The number of piperazine rings is 1. The monoisotopic (exact) mass is 567 g/mol. The molecular weight excluding hydrogens is 525 g/mol. The Morgan fingerprint density at radius 2 is 1.93 bits per heavy atom. The van der Waals surface area contributed by atoms with Crippen LogP contribution < -0.4 is 15.1 Å². The number of anilines is 2. The lowest BCUT2D eigenvalue weighted by Gasteiger charge is -2.39. The van der Waals surface area contributed by atoms with Crippen LogP contribution in [0.25, 0.3) is 16.8 Å². The molecule has 0 radical (unpaired) electrons. The third kappa shape index (κ3) is 4.47. The van der Waals surface area contributed by atoms with E-state index in [1.54, 1.807) is 0 Å². The molecule has 2 aromatic carbocycles. The highest BCUT2D eigenvalue weighted by molar-refractivity contribution is 5.98. The number of aromatic nitrogens is 1. The minimum atomic E-state index is -0.739. The van der Waals surface area contributed by atoms with E-state index in [4.69, 9.17) is 4.98 Å². The van der Waals surface area contributed by atoms with Gasteiger partial charge in [-0.25, -0.2) is 4.39 Å². The SMILES string of the molecule is CCc1cccc2cc(O)cc(N3CCc4c(N5CC6CCC(C5)N6)cc(/C=C/[C@@]56CCCN5C[C@H](F)C6)nc4C3)c12. The van der Waals surface area contributed by atoms with Gasteiger partial charge < -0.3 is 20.2 Å². The summed E-state index contributed by atoms with van der Waals surface area (Å²) in [5, 5.41) is 16.8. The molecule has 6 heterocycles. The Morgan fingerprint density at radius 3 is 2.76 bits per heavy atom. The Labute approximate surface area is 248 Å². The van der Waals surface area contributed by atoms with Crippen LogP contribution in [0, 0.1) is 0 Å². The van der Waals surface area contributed by atoms with Crippen molar-refractivity contribution < 1.29 is 9.50 Å². The highest BCUT2D eigenvalue weighted by Gasteiger charge is 2.46. The Bertz CT molecular complexity index is 1540. The zero-order valence-corrected chi connectivity index (χ0v) is 24.7. The summed E-state index contributed by atoms with van der Waals surface area (Å²) >= 11 is 0. The molecule has 7 heteroatoms. The summed E-state index contributed by atoms with van der Waals surface area (Å²) in [4.78, 5) is 12.7. The molecule has 42 heavy (non-hydrogen) atoms. The van der Waals surface area contributed by atoms with Gasteiger partial charge in [-0.3, -0.25) is 9.88 Å². The van der Waals surface area contributed by atoms with Crippen LogP contribution in [-0.2, 0) is 19.4 Å². The van der Waals surface area contributed by atoms with Crippen LogP contribution in [0.15, 0.2) is 42.5 Å². The number of phenols is 1. The molecule has 5 aliphatic rings. The maximum absolute atomic E-state index is 14.5. The second kappa shape index (κ2) is 10.2. The zero-order chi connectivity index (χ0) is 28.4. The number of fused-ring (bicyclic) bond motifs is 5. The fourth-order valence-corrected chi connectivity index (χ4v) is 8.76. The zero-order valence-electron chi connectivity index (χ0n) is 24.7. The van der Waals surface area contributed by atoms with E-state index in [0.717, 1.165) is 74.3 Å². The second-order valence-electron chi connectivity index (χ2n) is 13.3. The Kier molecular flexibility index (Phi) is 6.45. The maximum Gasteiger partial charge on any atom is 0.118 e. The number of halogens is 1. The van der Waals surface area contributed by atoms with Crippen LogP contribution in [-0.4, -0.2) is 71.5 Å². The number of rotatable bonds is 5. The van der Waals surface area contributed by atoms with Crippen molar-refractivity contribution in [1.29, 1.82) is 0 Å². The smallest absolute Gasteiger partial charge is 0.118 e. The van der Waals surface area contributed by atoms with Gasteiger partial charge in [0, 0.05) is 78.6 Å². The largest absolute Gasteiger partial charge is 0.508 e. The van der Waals surface area contributed by atoms with Gasteiger partial charge in [-0.1, -0.05) is 31.2 Å². The summed E-state index contributed by atoms with van der Waals surface area (Å²) in [5.74, 6) is 0.307. The van der Waals surface area contributed by atoms with Crippen molar-refractivity contribution in [3.05, 3.63) is 65.0 Å². The number of pyridine rings is 1. The first-order valence-electron chi connectivity index (χ1n) is 16.1. The number of aromatic hydroxyl groups is 1. The molecule has 0 saturated carbocycles. The number of nitrogens with one attached hydrogen (secondary N) is 1. The number of benzene rings is 2. The van der Waals surface area contributed by atoms with Gasteiger partial charge >= 0.3 is 0 Å². The third-order valence-electron chi connectivity index (χ3n) is 10.7. The molecule has 1 aromatic heterocycles. The number of alkyl halides is 1. The normalized spacial score (nSPS) is 29.1. The van der Waals surface area contributed by atoms with E-state index in [-0.39, 0.29) is 5.54 Å². The molecule has 2 unspecified atom stereocenters. The van der Waals surface area contributed by atoms with Crippen molar-refractivity contribution in [2.75, 3.05) is 42.5 Å². The quantitative estimate of drug-likeness (QED) is 0.419. The van der Waals surface area contributed by atoms with Crippen molar-refractivity contribution in [3.8, 4) is 5.75 Å². The van der Waals surface area contributed by atoms with Gasteiger partial charge in [0.05, 0.1) is 17.9 Å². The fourth-order valence-electron chi connectivity index (χ4n) is 8.76. The first-order valence-corrected chi connectivity index (χ1v) is 16.1. The second-order valence-corrected chi connectivity index (χ2v) is 13.3. The van der Waals surface area contributed by atoms with Crippen LogP contribution in [0.2, 0.25) is 0 Å². The summed E-state index contributed by atoms with van der Waals surface area (Å²) < 4.78 is 14.5. The van der Waals surface area contributed by atoms with Crippen LogP contribution in [0.4, 0.5) is 15.8 Å². The van der Waals surface area contributed by atoms with Gasteiger partial charge in [0.1, 0.15) is 11.9 Å². The van der Waals surface area contributed by atoms with Crippen LogP contribution >= 0.6 is 0 Å². The van der Waals surface area contributed by atoms with Gasteiger partial charge in [-0.2, -0.15) is 0 Å². The number of hydrogen-bond acceptors (Lipinski definition) is 6. The summed E-state index contributed by atoms with van der Waals surface area (Å²) in [6.45, 7) is 7.43. The lowest BCUT2D eigenvalue weighted by Crippen LogP contribution is -2.51. The number of hydrogen-bond donors (Lipinski definition) is 2. The molecule has 2 N–H and O–H groups in total. The molecule has 2 bridgehead atoms. The van der Waals surface area contributed by atoms with Crippen LogP contribution in [0.5, 0.6) is 5.75 Å². The predicted molar refractivity (Wildman–Crippen MR) is 168 cm³/mol. The van der Waals surface area contributed by atoms with Gasteiger partial charge in [0.2, 0.25) is 0 Å². The number of phenolic OH excluding ortho intramolecular Hbond substituents is 1. The Morgan fingerprint density at radius 1 is 1.07 bits per heavy atom. The van der Waals surface area contributed by atoms with Crippen molar-refractivity contribution >= 4 is 28.2 Å². The van der Waals surface area contributed by atoms with Crippen molar-refractivity contribution in [2.24, 2.45) is 0 Å². The summed E-state index contributed by atoms with van der Waals surface area (Å²) in [6.07, 6.45) is 10.9. The van der Waals surface area contributed by atoms with E-state index in [0.29, 0.717) is 37.3 Å². The van der Waals surface area contributed by atoms with E-state index in [1.807, 2.05) is 12.1 Å². The van der Waals surface area contributed by atoms with E-state index < -0.39 is 6.17 Å². The van der Waals surface area contributed by atoms with Gasteiger partial charge in [0.25, 0.3) is 0 Å². The molecular formula is C35H42FN5O. The summed E-state index contributed by atoms with van der Waals surface area (Å²) in [6, 6.07) is 13.6. The van der Waals surface area contributed by atoms with Crippen molar-refractivity contribution in [1.82, 2.24) is 15.2 Å². The van der Waals surface area contributed by atoms with Crippen molar-refractivity contribution in [2.45, 2.75) is 82.2 Å². The van der Waals surface area contributed by atoms with E-state index in [1.165, 1.54) is 35.0 Å². The van der Waals surface area contributed by atoms with Gasteiger partial charge in [0.15, 0.2) is 0 Å². The lowest BCUT2D eigenvalue weighted by molar-refractivity contribution is 0.247. The molecule has 0 amide bonds. The average Bonchev–Trinajstić information content (AvgIpc) is 3.64. The average molecular weight is 568 g/mol. The molecule has 4 fully saturated rings. The topological polar surface area (TPSA) is 54.9 Å². The molecule has 0 aliphatic carbocycles. The number of aryl methyl sites for hydroxylation is 1. The fraction of sp³-hybridized carbons (Fsp3) is 0.514. The lowest BCUT2D eigenvalue weighted by atomic mass is 9.92. The standard InChI is InChI=1S/C35H42FN5O/c1-2-23-5-3-6-24-15-29(42)17-33(34(23)24)39-14-10-30-31(22-39)38-26(9-12-35-11-4-13-41(35)19-25(36)18-35)16-32(30)40-20-27-7-8-28(21-40)37-27/h3,5-6,9,12,15-17,25,27-28,37,42H,2,4,7-8,10-11,13-14,18-22H2,1H3/b12-9+/t25-,27?,28?,35-/m1/s1. The molecule has 3 aromatic rings. The van der Waals surface area contributed by atoms with Gasteiger partial charge in [-0.15, -0.1) is 0 Å². The summed E-state index contributed by atoms with van der Waals surface area (Å²) in [5.41, 5.74) is 7.06. The van der Waals surface area contributed by atoms with Crippen LogP contribution in [0.1, 0.15) is 61.5 Å². The van der Waals surface area contributed by atoms with E-state index in [9.17, 15) is 9.50 Å². The van der Waals surface area contributed by atoms with E-state index >= 15 is 0 Å². The number of nitrogens with zero attached hydrogens (tertiary/aromatic N) is 4. The molecule has 8 rings (SSSR count). The first kappa shape index (κ1) is 26.5. The molecule has 220 valence electrons. The maximum atomic E-state index is 14.5. The minimum absolute atomic E-state index is 0.158. The van der Waals surface area contributed by atoms with Crippen molar-refractivity contribution in [3.63, 3.8) is 0 Å². The highest BCUT2D eigenvalue weighted by atomic mass is 19.1. The Hall–Kier alpha value is -3.16. The highest BCUT2D eigenvalue weighted by Crippen LogP contribution is 2.42. The molecule has 4 saturated heterocycles. The molecule has 0 spiro atoms.